The smallest absolute Gasteiger partial charge is 0.229 e. The summed E-state index contributed by atoms with van der Waals surface area (Å²) in [5, 5.41) is 69.3. The van der Waals surface area contributed by atoms with Crippen molar-refractivity contribution in [3.8, 4) is 22.6 Å². The average molecular weight is 462 g/mol. The number of aliphatic hydroxyl groups excluding tert-OH is 6. The molecule has 0 aliphatic carbocycles. The van der Waals surface area contributed by atoms with Gasteiger partial charge < -0.3 is 45.2 Å². The van der Waals surface area contributed by atoms with E-state index in [1.807, 2.05) is 0 Å². The molecule has 0 saturated carbocycles. The topological polar surface area (TPSA) is 160 Å². The van der Waals surface area contributed by atoms with Crippen LogP contribution >= 0.6 is 0 Å². The predicted molar refractivity (Wildman–Crippen MR) is 119 cm³/mol. The summed E-state index contributed by atoms with van der Waals surface area (Å²) in [6, 6.07) is 9.89. The van der Waals surface area contributed by atoms with Crippen LogP contribution in [0.5, 0.6) is 11.5 Å². The molecule has 1 aliphatic heterocycles. The summed E-state index contributed by atoms with van der Waals surface area (Å²) in [5.41, 5.74) is 2.35. The molecule has 2 aromatic carbocycles. The number of ether oxygens (including phenoxy) is 2. The molecule has 0 amide bonds. The Morgan fingerprint density at radius 2 is 1.67 bits per heavy atom. The number of benzene rings is 2. The van der Waals surface area contributed by atoms with Gasteiger partial charge in [0, 0.05) is 17.5 Å². The number of phenolic OH excluding ortho intramolecular Hbond substituents is 1. The third-order valence-electron chi connectivity index (χ3n) is 5.55. The Morgan fingerprint density at radius 3 is 2.33 bits per heavy atom. The molecule has 1 heterocycles. The number of rotatable bonds is 9. The van der Waals surface area contributed by atoms with Gasteiger partial charge in [-0.2, -0.15) is 0 Å². The van der Waals surface area contributed by atoms with Crippen LogP contribution in [0.3, 0.4) is 0 Å². The highest BCUT2D eigenvalue weighted by molar-refractivity contribution is 5.77. The number of phenols is 1. The third-order valence-corrected chi connectivity index (χ3v) is 5.55. The zero-order valence-corrected chi connectivity index (χ0v) is 18.0. The van der Waals surface area contributed by atoms with Gasteiger partial charge in [-0.15, -0.1) is 6.58 Å². The fourth-order valence-electron chi connectivity index (χ4n) is 3.74. The molecule has 9 heteroatoms. The van der Waals surface area contributed by atoms with Crippen LogP contribution < -0.4 is 4.74 Å². The third kappa shape index (κ3) is 5.71. The van der Waals surface area contributed by atoms with E-state index in [1.165, 1.54) is 6.07 Å². The molecule has 2 aromatic rings. The van der Waals surface area contributed by atoms with Crippen LogP contribution in [0.2, 0.25) is 0 Å². The minimum atomic E-state index is -1.60. The Bertz CT molecular complexity index is 946. The lowest BCUT2D eigenvalue weighted by Crippen LogP contribution is -2.60. The van der Waals surface area contributed by atoms with Gasteiger partial charge >= 0.3 is 0 Å². The molecule has 0 spiro atoms. The van der Waals surface area contributed by atoms with Gasteiger partial charge in [0.2, 0.25) is 6.29 Å². The Balaban J connectivity index is 2.01. The molecule has 0 radical (unpaired) electrons. The van der Waals surface area contributed by atoms with Crippen molar-refractivity contribution < 1.29 is 45.2 Å². The van der Waals surface area contributed by atoms with E-state index in [4.69, 9.17) is 14.6 Å². The van der Waals surface area contributed by atoms with E-state index in [1.54, 1.807) is 36.4 Å². The van der Waals surface area contributed by atoms with Crippen LogP contribution in [0.1, 0.15) is 11.1 Å². The summed E-state index contributed by atoms with van der Waals surface area (Å²) in [6.07, 6.45) is -5.78. The standard InChI is InChI=1S/C24H30O9/c1-2-3-13-5-7-19(32-24-23(31)22(30)21(29)20(12-26)33-24)17(9-13)16-10-14(4-6-18(16)28)8-15(27)11-25/h2,4-7,9-10,15,20-31H,1,3,8,11-12H2/t15?,20-,21-,22+,23-,24-/m1/s1. The monoisotopic (exact) mass is 462 g/mol. The molecule has 1 aliphatic rings. The summed E-state index contributed by atoms with van der Waals surface area (Å²) in [5.74, 6) is 0.147. The normalized spacial score (nSPS) is 26.1. The lowest BCUT2D eigenvalue weighted by molar-refractivity contribution is -0.277. The average Bonchev–Trinajstić information content (AvgIpc) is 2.81. The second kappa shape index (κ2) is 11.1. The van der Waals surface area contributed by atoms with Crippen molar-refractivity contribution in [3.05, 3.63) is 60.2 Å². The van der Waals surface area contributed by atoms with Crippen LogP contribution in [0, 0.1) is 0 Å². The Morgan fingerprint density at radius 1 is 0.970 bits per heavy atom. The highest BCUT2D eigenvalue weighted by Gasteiger charge is 2.44. The van der Waals surface area contributed by atoms with E-state index in [2.05, 4.69) is 6.58 Å². The van der Waals surface area contributed by atoms with Gasteiger partial charge in [-0.05, 0) is 41.8 Å². The first kappa shape index (κ1) is 25.1. The molecule has 6 atom stereocenters. The van der Waals surface area contributed by atoms with Gasteiger partial charge in [-0.25, -0.2) is 0 Å². The summed E-state index contributed by atoms with van der Waals surface area (Å²) >= 11 is 0. The fourth-order valence-corrected chi connectivity index (χ4v) is 3.74. The molecular weight excluding hydrogens is 432 g/mol. The van der Waals surface area contributed by atoms with Gasteiger partial charge in [0.15, 0.2) is 0 Å². The Kier molecular flexibility index (Phi) is 8.44. The predicted octanol–water partition coefficient (Wildman–Crippen LogP) is -0.138. The van der Waals surface area contributed by atoms with Crippen molar-refractivity contribution in [3.63, 3.8) is 0 Å². The molecular formula is C24H30O9. The summed E-state index contributed by atoms with van der Waals surface area (Å²) in [4.78, 5) is 0. The maximum absolute atomic E-state index is 10.6. The summed E-state index contributed by atoms with van der Waals surface area (Å²) in [6.45, 7) is 2.73. The molecule has 0 bridgehead atoms. The van der Waals surface area contributed by atoms with Crippen molar-refractivity contribution in [2.45, 2.75) is 49.7 Å². The molecule has 33 heavy (non-hydrogen) atoms. The van der Waals surface area contributed by atoms with Crippen molar-refractivity contribution in [2.75, 3.05) is 13.2 Å². The Hall–Kier alpha value is -2.50. The molecule has 1 unspecified atom stereocenters. The van der Waals surface area contributed by atoms with E-state index >= 15 is 0 Å². The lowest BCUT2D eigenvalue weighted by Gasteiger charge is -2.39. The van der Waals surface area contributed by atoms with Crippen LogP contribution in [-0.4, -0.2) is 85.8 Å². The Labute approximate surface area is 191 Å². The van der Waals surface area contributed by atoms with Crippen LogP contribution in [0.4, 0.5) is 0 Å². The second-order valence-corrected chi connectivity index (χ2v) is 8.03. The molecule has 0 aromatic heterocycles. The van der Waals surface area contributed by atoms with Crippen molar-refractivity contribution >= 4 is 0 Å². The molecule has 7 N–H and O–H groups in total. The van der Waals surface area contributed by atoms with Gasteiger partial charge in [0.1, 0.15) is 35.9 Å². The van der Waals surface area contributed by atoms with E-state index in [0.29, 0.717) is 23.1 Å². The molecule has 3 rings (SSSR count). The molecule has 1 saturated heterocycles. The first-order valence-corrected chi connectivity index (χ1v) is 10.6. The van der Waals surface area contributed by atoms with Gasteiger partial charge in [0.05, 0.1) is 19.3 Å². The highest BCUT2D eigenvalue weighted by Crippen LogP contribution is 2.39. The molecule has 180 valence electrons. The SMILES string of the molecule is C=CCc1ccc(O[C@@H]2O[C@H](CO)[C@@H](O)[C@H](O)[C@H]2O)c(-c2cc(CC(O)CO)ccc2O)c1. The maximum atomic E-state index is 10.6. The van der Waals surface area contributed by atoms with Crippen LogP contribution in [-0.2, 0) is 17.6 Å². The van der Waals surface area contributed by atoms with Gasteiger partial charge in [0.25, 0.3) is 0 Å². The number of hydrogen-bond donors (Lipinski definition) is 7. The van der Waals surface area contributed by atoms with E-state index in [0.717, 1.165) is 5.56 Å². The summed E-state index contributed by atoms with van der Waals surface area (Å²) < 4.78 is 11.3. The molecule has 9 nitrogen and oxygen atoms in total. The largest absolute Gasteiger partial charge is 0.507 e. The van der Waals surface area contributed by atoms with E-state index in [9.17, 15) is 30.6 Å². The van der Waals surface area contributed by atoms with Crippen LogP contribution in [0.25, 0.3) is 11.1 Å². The first-order valence-electron chi connectivity index (χ1n) is 10.6. The summed E-state index contributed by atoms with van der Waals surface area (Å²) in [7, 11) is 0. The maximum Gasteiger partial charge on any atom is 0.229 e. The fraction of sp³-hybridized carbons (Fsp3) is 0.417. The zero-order valence-electron chi connectivity index (χ0n) is 18.0. The number of allylic oxidation sites excluding steroid dienone is 1. The lowest BCUT2D eigenvalue weighted by atomic mass is 9.96. The second-order valence-electron chi connectivity index (χ2n) is 8.03. The quantitative estimate of drug-likeness (QED) is 0.252. The minimum Gasteiger partial charge on any atom is -0.507 e. The number of hydrogen-bond acceptors (Lipinski definition) is 9. The van der Waals surface area contributed by atoms with E-state index < -0.39 is 50.0 Å². The number of aliphatic hydroxyl groups is 6. The minimum absolute atomic E-state index is 0.0633. The highest BCUT2D eigenvalue weighted by atomic mass is 16.7. The van der Waals surface area contributed by atoms with Crippen LogP contribution in [0.15, 0.2) is 49.1 Å². The van der Waals surface area contributed by atoms with Crippen molar-refractivity contribution in [1.29, 1.82) is 0 Å². The zero-order chi connectivity index (χ0) is 24.1. The van der Waals surface area contributed by atoms with Crippen molar-refractivity contribution in [2.24, 2.45) is 0 Å². The van der Waals surface area contributed by atoms with Crippen molar-refractivity contribution in [1.82, 2.24) is 0 Å². The number of aromatic hydroxyl groups is 1. The van der Waals surface area contributed by atoms with Gasteiger partial charge in [-0.1, -0.05) is 18.2 Å². The first-order chi connectivity index (χ1) is 15.8. The van der Waals surface area contributed by atoms with E-state index in [-0.39, 0.29) is 17.9 Å². The molecule has 1 fully saturated rings. The van der Waals surface area contributed by atoms with Gasteiger partial charge in [-0.3, -0.25) is 0 Å².